The van der Waals surface area contributed by atoms with Crippen molar-refractivity contribution in [3.63, 3.8) is 0 Å². The minimum absolute atomic E-state index is 0.733. The Labute approximate surface area is 66.4 Å². The number of aromatic nitrogens is 4. The lowest BCUT2D eigenvalue weighted by atomic mass is 10.3. The number of hydrogen-bond donors (Lipinski definition) is 1. The van der Waals surface area contributed by atoms with Crippen molar-refractivity contribution in [2.45, 2.75) is 0 Å². The first-order valence-corrected chi connectivity index (χ1v) is 3.47. The van der Waals surface area contributed by atoms with Crippen LogP contribution in [0.1, 0.15) is 0 Å². The average Bonchev–Trinajstić information content (AvgIpc) is 2.71. The zero-order chi connectivity index (χ0) is 7.97. The SMILES string of the molecule is c1nc2[nH]ncc2c2nocc12. The molecule has 0 aromatic carbocycles. The molecule has 5 nitrogen and oxygen atoms in total. The number of aromatic amines is 1. The maximum absolute atomic E-state index is 4.81. The second-order valence-corrected chi connectivity index (χ2v) is 2.51. The number of hydrogen-bond acceptors (Lipinski definition) is 4. The van der Waals surface area contributed by atoms with E-state index in [1.165, 1.54) is 0 Å². The lowest BCUT2D eigenvalue weighted by molar-refractivity contribution is 0.428. The van der Waals surface area contributed by atoms with Gasteiger partial charge in [0.1, 0.15) is 11.8 Å². The Morgan fingerprint density at radius 2 is 2.33 bits per heavy atom. The average molecular weight is 160 g/mol. The molecule has 12 heavy (non-hydrogen) atoms. The summed E-state index contributed by atoms with van der Waals surface area (Å²) in [5.41, 5.74) is 1.53. The summed E-state index contributed by atoms with van der Waals surface area (Å²) >= 11 is 0. The molecule has 0 fully saturated rings. The zero-order valence-electron chi connectivity index (χ0n) is 5.98. The lowest BCUT2D eigenvalue weighted by Gasteiger charge is -1.85. The molecule has 0 atom stereocenters. The third kappa shape index (κ3) is 0.554. The van der Waals surface area contributed by atoms with E-state index in [-0.39, 0.29) is 0 Å². The van der Waals surface area contributed by atoms with Crippen LogP contribution in [0.5, 0.6) is 0 Å². The van der Waals surface area contributed by atoms with Gasteiger partial charge in [0.25, 0.3) is 0 Å². The first kappa shape index (κ1) is 5.70. The first-order chi connectivity index (χ1) is 5.95. The predicted octanol–water partition coefficient (Wildman–Crippen LogP) is 1.10. The van der Waals surface area contributed by atoms with Crippen molar-refractivity contribution >= 4 is 21.9 Å². The number of H-pyrrole nitrogens is 1. The Kier molecular flexibility index (Phi) is 0.864. The van der Waals surface area contributed by atoms with Gasteiger partial charge in [-0.15, -0.1) is 0 Å². The van der Waals surface area contributed by atoms with E-state index < -0.39 is 0 Å². The molecule has 3 aromatic heterocycles. The maximum Gasteiger partial charge on any atom is 0.157 e. The van der Waals surface area contributed by atoms with Crippen molar-refractivity contribution in [1.29, 1.82) is 0 Å². The van der Waals surface area contributed by atoms with Gasteiger partial charge in [-0.05, 0) is 0 Å². The highest BCUT2D eigenvalue weighted by atomic mass is 16.5. The van der Waals surface area contributed by atoms with Crippen LogP contribution in [0, 0.1) is 0 Å². The fraction of sp³-hybridized carbons (Fsp3) is 0. The molecule has 0 saturated heterocycles. The van der Waals surface area contributed by atoms with Crippen molar-refractivity contribution in [2.75, 3.05) is 0 Å². The van der Waals surface area contributed by atoms with Crippen molar-refractivity contribution in [3.05, 3.63) is 18.7 Å². The van der Waals surface area contributed by atoms with Crippen molar-refractivity contribution in [3.8, 4) is 0 Å². The van der Waals surface area contributed by atoms with Gasteiger partial charge in [-0.1, -0.05) is 5.16 Å². The molecule has 0 unspecified atom stereocenters. The van der Waals surface area contributed by atoms with Gasteiger partial charge in [0.15, 0.2) is 5.65 Å². The second-order valence-electron chi connectivity index (χ2n) is 2.51. The van der Waals surface area contributed by atoms with E-state index in [2.05, 4.69) is 20.3 Å². The molecule has 5 heteroatoms. The summed E-state index contributed by atoms with van der Waals surface area (Å²) in [7, 11) is 0. The fourth-order valence-corrected chi connectivity index (χ4v) is 1.23. The van der Waals surface area contributed by atoms with Gasteiger partial charge in [-0.2, -0.15) is 5.10 Å². The first-order valence-electron chi connectivity index (χ1n) is 3.47. The van der Waals surface area contributed by atoms with Gasteiger partial charge in [-0.3, -0.25) is 5.10 Å². The highest BCUT2D eigenvalue weighted by Crippen LogP contribution is 2.19. The quantitative estimate of drug-likeness (QED) is 0.534. The van der Waals surface area contributed by atoms with Crippen LogP contribution in [0.3, 0.4) is 0 Å². The number of fused-ring (bicyclic) bond motifs is 3. The summed E-state index contributed by atoms with van der Waals surface area (Å²) < 4.78 is 4.81. The van der Waals surface area contributed by atoms with Crippen molar-refractivity contribution in [2.24, 2.45) is 0 Å². The van der Waals surface area contributed by atoms with Crippen LogP contribution in [0.4, 0.5) is 0 Å². The van der Waals surface area contributed by atoms with E-state index >= 15 is 0 Å². The summed E-state index contributed by atoms with van der Waals surface area (Å²) in [6.45, 7) is 0. The minimum Gasteiger partial charge on any atom is -0.363 e. The third-order valence-corrected chi connectivity index (χ3v) is 1.80. The van der Waals surface area contributed by atoms with E-state index in [4.69, 9.17) is 4.52 Å². The molecule has 0 radical (unpaired) electrons. The highest BCUT2D eigenvalue weighted by Gasteiger charge is 2.05. The van der Waals surface area contributed by atoms with Gasteiger partial charge in [0.2, 0.25) is 0 Å². The molecule has 3 rings (SSSR count). The smallest absolute Gasteiger partial charge is 0.157 e. The number of nitrogens with zero attached hydrogens (tertiary/aromatic N) is 3. The molecule has 0 aliphatic carbocycles. The zero-order valence-corrected chi connectivity index (χ0v) is 5.98. The molecule has 0 saturated carbocycles. The van der Waals surface area contributed by atoms with Crippen LogP contribution in [-0.4, -0.2) is 20.3 Å². The molecule has 1 N–H and O–H groups in total. The summed E-state index contributed by atoms with van der Waals surface area (Å²) in [6, 6.07) is 0. The highest BCUT2D eigenvalue weighted by molar-refractivity contribution is 6.00. The summed E-state index contributed by atoms with van der Waals surface area (Å²) in [5, 5.41) is 12.2. The van der Waals surface area contributed by atoms with E-state index in [1.54, 1.807) is 18.7 Å². The molecular weight excluding hydrogens is 156 g/mol. The lowest BCUT2D eigenvalue weighted by Crippen LogP contribution is -1.76. The Balaban J connectivity index is 2.71. The van der Waals surface area contributed by atoms with Gasteiger partial charge in [0, 0.05) is 6.20 Å². The van der Waals surface area contributed by atoms with E-state index in [9.17, 15) is 0 Å². The van der Waals surface area contributed by atoms with Gasteiger partial charge in [-0.25, -0.2) is 4.98 Å². The van der Waals surface area contributed by atoms with Crippen LogP contribution in [0.2, 0.25) is 0 Å². The summed E-state index contributed by atoms with van der Waals surface area (Å²) in [5.74, 6) is 0. The van der Waals surface area contributed by atoms with E-state index in [0.29, 0.717) is 0 Å². The van der Waals surface area contributed by atoms with Crippen LogP contribution >= 0.6 is 0 Å². The van der Waals surface area contributed by atoms with Crippen LogP contribution in [0.25, 0.3) is 21.9 Å². The van der Waals surface area contributed by atoms with Gasteiger partial charge in [0.05, 0.1) is 17.0 Å². The number of pyridine rings is 1. The Morgan fingerprint density at radius 1 is 1.33 bits per heavy atom. The van der Waals surface area contributed by atoms with Crippen LogP contribution in [0.15, 0.2) is 23.2 Å². The van der Waals surface area contributed by atoms with E-state index in [0.717, 1.165) is 21.9 Å². The number of rotatable bonds is 0. The molecule has 3 heterocycles. The fourth-order valence-electron chi connectivity index (χ4n) is 1.23. The Hall–Kier alpha value is -1.91. The van der Waals surface area contributed by atoms with E-state index in [1.807, 2.05) is 0 Å². The summed E-state index contributed by atoms with van der Waals surface area (Å²) in [6.07, 6.45) is 4.95. The topological polar surface area (TPSA) is 67.6 Å². The van der Waals surface area contributed by atoms with Gasteiger partial charge < -0.3 is 4.52 Å². The molecule has 0 spiro atoms. The largest absolute Gasteiger partial charge is 0.363 e. The monoisotopic (exact) mass is 160 g/mol. The molecule has 0 aliphatic rings. The maximum atomic E-state index is 4.81. The van der Waals surface area contributed by atoms with Crippen LogP contribution in [-0.2, 0) is 0 Å². The Morgan fingerprint density at radius 3 is 3.33 bits per heavy atom. The standard InChI is InChI=1S/C7H4N4O/c1-4-3-12-11-6(4)5-2-9-10-7(5)8-1/h1-3H,(H,9,10). The van der Waals surface area contributed by atoms with Crippen molar-refractivity contribution in [1.82, 2.24) is 20.3 Å². The second kappa shape index (κ2) is 1.82. The minimum atomic E-state index is 0.733. The number of nitrogens with one attached hydrogen (secondary N) is 1. The molecular formula is C7H4N4O. The predicted molar refractivity (Wildman–Crippen MR) is 41.5 cm³/mol. The molecule has 58 valence electrons. The van der Waals surface area contributed by atoms with Gasteiger partial charge >= 0.3 is 0 Å². The molecule has 0 amide bonds. The van der Waals surface area contributed by atoms with Crippen LogP contribution < -0.4 is 0 Å². The van der Waals surface area contributed by atoms with Crippen molar-refractivity contribution < 1.29 is 4.52 Å². The summed E-state index contributed by atoms with van der Waals surface area (Å²) in [4.78, 5) is 4.12. The Bertz CT molecular complexity index is 489. The molecule has 0 bridgehead atoms. The molecule has 3 aromatic rings. The molecule has 0 aliphatic heterocycles. The third-order valence-electron chi connectivity index (χ3n) is 1.80. The normalized spacial score (nSPS) is 11.3.